The zero-order chi connectivity index (χ0) is 23.5. The van der Waals surface area contributed by atoms with Crippen LogP contribution in [0.2, 0.25) is 0 Å². The van der Waals surface area contributed by atoms with Crippen molar-refractivity contribution in [1.82, 2.24) is 9.13 Å². The number of para-hydroxylation sites is 2. The standard InChI is InChI=1S/C23H16Br2N4O3S/c1-32-19-5-3-2-4-18(19)29-22(31)20(27-26-16-10-6-14(24)7-11-16)21(30)28(23(29)33)17-12-8-15(25)9-13-17/h2-13,31H,1H3. The topological polar surface area (TPSA) is 81.1 Å². The number of ether oxygens (including phenoxy) is 1. The van der Waals surface area contributed by atoms with Crippen LogP contribution in [0.15, 0.2) is 96.8 Å². The van der Waals surface area contributed by atoms with Crippen molar-refractivity contribution < 1.29 is 9.84 Å². The highest BCUT2D eigenvalue weighted by Gasteiger charge is 2.21. The van der Waals surface area contributed by atoms with Crippen LogP contribution in [-0.2, 0) is 0 Å². The molecule has 0 bridgehead atoms. The number of rotatable bonds is 5. The molecule has 3 aromatic carbocycles. The molecular weight excluding hydrogens is 572 g/mol. The van der Waals surface area contributed by atoms with Crippen molar-refractivity contribution >= 4 is 55.5 Å². The highest BCUT2D eigenvalue weighted by Crippen LogP contribution is 2.33. The van der Waals surface area contributed by atoms with Gasteiger partial charge in [-0.2, -0.15) is 5.11 Å². The molecule has 0 aliphatic carbocycles. The van der Waals surface area contributed by atoms with Crippen molar-refractivity contribution in [3.63, 3.8) is 0 Å². The number of azo groups is 1. The first-order chi connectivity index (χ1) is 15.9. The molecule has 0 saturated carbocycles. The maximum Gasteiger partial charge on any atom is 0.290 e. The zero-order valence-electron chi connectivity index (χ0n) is 17.1. The number of halogens is 2. The number of aromatic hydroxyl groups is 1. The Morgan fingerprint density at radius 3 is 2.12 bits per heavy atom. The highest BCUT2D eigenvalue weighted by molar-refractivity contribution is 9.10. The largest absolute Gasteiger partial charge is 0.495 e. The fourth-order valence-corrected chi connectivity index (χ4v) is 4.04. The fraction of sp³-hybridized carbons (Fsp3) is 0.0435. The van der Waals surface area contributed by atoms with Crippen LogP contribution < -0.4 is 10.3 Å². The molecule has 10 heteroatoms. The SMILES string of the molecule is COc1ccccc1-n1c(O)c(N=Nc2ccc(Br)cc2)c(=O)n(-c2ccc(Br)cc2)c1=S. The molecule has 0 atom stereocenters. The summed E-state index contributed by atoms with van der Waals surface area (Å²) in [6.07, 6.45) is 0. The van der Waals surface area contributed by atoms with Gasteiger partial charge in [0.2, 0.25) is 11.6 Å². The van der Waals surface area contributed by atoms with Crippen LogP contribution in [0.25, 0.3) is 11.4 Å². The Balaban J connectivity index is 2.02. The molecule has 0 fully saturated rings. The van der Waals surface area contributed by atoms with Gasteiger partial charge >= 0.3 is 0 Å². The van der Waals surface area contributed by atoms with Crippen LogP contribution in [-0.4, -0.2) is 21.4 Å². The molecule has 1 aromatic heterocycles. The molecule has 0 spiro atoms. The van der Waals surface area contributed by atoms with Crippen molar-refractivity contribution in [2.75, 3.05) is 7.11 Å². The predicted molar refractivity (Wildman–Crippen MR) is 136 cm³/mol. The summed E-state index contributed by atoms with van der Waals surface area (Å²) in [5, 5.41) is 19.4. The lowest BCUT2D eigenvalue weighted by atomic mass is 10.2. The minimum atomic E-state index is -0.605. The first kappa shape index (κ1) is 23.1. The Bertz CT molecular complexity index is 1460. The van der Waals surface area contributed by atoms with Crippen molar-refractivity contribution in [3.8, 4) is 23.0 Å². The van der Waals surface area contributed by atoms with Gasteiger partial charge in [0.05, 0.1) is 24.2 Å². The molecular formula is C23H16Br2N4O3S. The summed E-state index contributed by atoms with van der Waals surface area (Å²) in [4.78, 5) is 13.4. The number of methoxy groups -OCH3 is 1. The first-order valence-electron chi connectivity index (χ1n) is 9.58. The summed E-state index contributed by atoms with van der Waals surface area (Å²) in [6, 6.07) is 21.1. The Morgan fingerprint density at radius 2 is 1.48 bits per heavy atom. The van der Waals surface area contributed by atoms with Gasteiger partial charge in [-0.15, -0.1) is 5.11 Å². The molecule has 0 radical (unpaired) electrons. The molecule has 1 heterocycles. The van der Waals surface area contributed by atoms with Crippen molar-refractivity contribution in [3.05, 3.63) is 96.9 Å². The van der Waals surface area contributed by atoms with Gasteiger partial charge in [0, 0.05) is 8.95 Å². The van der Waals surface area contributed by atoms with Crippen LogP contribution in [0.4, 0.5) is 11.4 Å². The van der Waals surface area contributed by atoms with E-state index in [1.54, 1.807) is 72.8 Å². The molecule has 0 unspecified atom stereocenters. The average molecular weight is 588 g/mol. The second-order valence-electron chi connectivity index (χ2n) is 6.76. The molecule has 0 saturated heterocycles. The molecule has 166 valence electrons. The van der Waals surface area contributed by atoms with Crippen LogP contribution in [0.1, 0.15) is 0 Å². The second-order valence-corrected chi connectivity index (χ2v) is 8.95. The number of hydrogen-bond acceptors (Lipinski definition) is 6. The fourth-order valence-electron chi connectivity index (χ4n) is 3.14. The van der Waals surface area contributed by atoms with Gasteiger partial charge in [0.1, 0.15) is 5.75 Å². The maximum absolute atomic E-state index is 13.4. The van der Waals surface area contributed by atoms with Gasteiger partial charge in [0.25, 0.3) is 5.56 Å². The summed E-state index contributed by atoms with van der Waals surface area (Å²) < 4.78 is 9.86. The van der Waals surface area contributed by atoms with E-state index in [1.807, 2.05) is 0 Å². The van der Waals surface area contributed by atoms with E-state index < -0.39 is 11.4 Å². The third kappa shape index (κ3) is 4.68. The summed E-state index contributed by atoms with van der Waals surface area (Å²) in [6.45, 7) is 0. The monoisotopic (exact) mass is 586 g/mol. The first-order valence-corrected chi connectivity index (χ1v) is 11.6. The Labute approximate surface area is 210 Å². The molecule has 7 nitrogen and oxygen atoms in total. The van der Waals surface area contributed by atoms with E-state index in [0.29, 0.717) is 22.8 Å². The molecule has 0 amide bonds. The van der Waals surface area contributed by atoms with Gasteiger partial charge in [-0.05, 0) is 72.9 Å². The van der Waals surface area contributed by atoms with E-state index in [1.165, 1.54) is 16.2 Å². The van der Waals surface area contributed by atoms with E-state index in [4.69, 9.17) is 17.0 Å². The Morgan fingerprint density at radius 1 is 0.879 bits per heavy atom. The minimum Gasteiger partial charge on any atom is -0.495 e. The quantitative estimate of drug-likeness (QED) is 0.201. The number of aromatic nitrogens is 2. The maximum atomic E-state index is 13.4. The molecule has 33 heavy (non-hydrogen) atoms. The third-order valence-corrected chi connectivity index (χ3v) is 6.14. The number of nitrogens with zero attached hydrogens (tertiary/aromatic N) is 4. The minimum absolute atomic E-state index is 0.0481. The van der Waals surface area contributed by atoms with Gasteiger partial charge in [-0.3, -0.25) is 13.9 Å². The van der Waals surface area contributed by atoms with Crippen LogP contribution in [0, 0.1) is 4.77 Å². The van der Waals surface area contributed by atoms with Crippen LogP contribution in [0.3, 0.4) is 0 Å². The summed E-state index contributed by atoms with van der Waals surface area (Å²) in [5.41, 5.74) is 0.607. The zero-order valence-corrected chi connectivity index (χ0v) is 21.1. The summed E-state index contributed by atoms with van der Waals surface area (Å²) in [7, 11) is 1.51. The van der Waals surface area contributed by atoms with E-state index in [2.05, 4.69) is 42.1 Å². The second kappa shape index (κ2) is 9.82. The van der Waals surface area contributed by atoms with Crippen molar-refractivity contribution in [2.45, 2.75) is 0 Å². The Hall–Kier alpha value is -3.08. The van der Waals surface area contributed by atoms with Crippen molar-refractivity contribution in [1.29, 1.82) is 0 Å². The molecule has 4 aromatic rings. The van der Waals surface area contributed by atoms with Gasteiger partial charge in [-0.25, -0.2) is 0 Å². The molecule has 1 N–H and O–H groups in total. The van der Waals surface area contributed by atoms with E-state index in [0.717, 1.165) is 8.95 Å². The normalized spacial score (nSPS) is 11.1. The number of hydrogen-bond donors (Lipinski definition) is 1. The predicted octanol–water partition coefficient (Wildman–Crippen LogP) is 7.01. The van der Waals surface area contributed by atoms with Crippen molar-refractivity contribution in [2.24, 2.45) is 10.2 Å². The molecule has 0 aliphatic rings. The highest BCUT2D eigenvalue weighted by atomic mass is 79.9. The number of benzene rings is 3. The van der Waals surface area contributed by atoms with Gasteiger partial charge < -0.3 is 9.84 Å². The van der Waals surface area contributed by atoms with Gasteiger partial charge in [-0.1, -0.05) is 44.0 Å². The van der Waals surface area contributed by atoms with Crippen LogP contribution in [0.5, 0.6) is 11.6 Å². The lowest BCUT2D eigenvalue weighted by molar-refractivity contribution is 0.402. The smallest absolute Gasteiger partial charge is 0.290 e. The summed E-state index contributed by atoms with van der Waals surface area (Å²) in [5.74, 6) is 0.0180. The lowest BCUT2D eigenvalue weighted by Crippen LogP contribution is -2.23. The van der Waals surface area contributed by atoms with E-state index in [9.17, 15) is 9.90 Å². The molecule has 0 aliphatic heterocycles. The van der Waals surface area contributed by atoms with E-state index >= 15 is 0 Å². The van der Waals surface area contributed by atoms with Gasteiger partial charge in [0.15, 0.2) is 4.77 Å². The average Bonchev–Trinajstić information content (AvgIpc) is 2.81. The summed E-state index contributed by atoms with van der Waals surface area (Å²) >= 11 is 12.4. The van der Waals surface area contributed by atoms with Crippen LogP contribution >= 0.6 is 44.1 Å². The third-order valence-electron chi connectivity index (χ3n) is 4.71. The van der Waals surface area contributed by atoms with E-state index in [-0.39, 0.29) is 10.5 Å². The Kier molecular flexibility index (Phi) is 6.87. The lowest BCUT2D eigenvalue weighted by Gasteiger charge is -2.17. The molecule has 4 rings (SSSR count).